The number of carbonyl (C=O) groups is 2. The molecule has 2 rings (SSSR count). The summed E-state index contributed by atoms with van der Waals surface area (Å²) in [7, 11) is 4.60. The van der Waals surface area contributed by atoms with E-state index in [1.165, 1.54) is 18.1 Å². The first-order valence-electron chi connectivity index (χ1n) is 8.10. The van der Waals surface area contributed by atoms with Gasteiger partial charge in [0.25, 0.3) is 0 Å². The lowest BCUT2D eigenvalue weighted by Crippen LogP contribution is -2.48. The molecule has 1 saturated heterocycles. The number of methoxy groups -OCH3 is 1. The summed E-state index contributed by atoms with van der Waals surface area (Å²) in [6, 6.07) is 2.14. The van der Waals surface area contributed by atoms with Crippen LogP contribution in [0.25, 0.3) is 0 Å². The first kappa shape index (κ1) is 19.0. The smallest absolute Gasteiger partial charge is 0.319 e. The van der Waals surface area contributed by atoms with Gasteiger partial charge in [-0.2, -0.15) is 0 Å². The number of nitrogens with zero attached hydrogens (tertiary/aromatic N) is 2. The minimum absolute atomic E-state index is 0.0777. The summed E-state index contributed by atoms with van der Waals surface area (Å²) in [5.41, 5.74) is -0.246. The largest absolute Gasteiger partial charge is 0.494 e. The molecular formula is C17H23F2N3O3. The van der Waals surface area contributed by atoms with E-state index in [-0.39, 0.29) is 29.8 Å². The van der Waals surface area contributed by atoms with Crippen LogP contribution in [0, 0.1) is 17.6 Å². The molecule has 0 spiro atoms. The molecule has 1 atom stereocenters. The molecule has 0 aromatic heterocycles. The lowest BCUT2D eigenvalue weighted by Gasteiger charge is -2.33. The Kier molecular flexibility index (Phi) is 6.17. The third-order valence-electron chi connectivity index (χ3n) is 4.26. The molecule has 3 amide bonds. The zero-order chi connectivity index (χ0) is 18.6. The van der Waals surface area contributed by atoms with Crippen LogP contribution in [0.1, 0.15) is 18.4 Å². The SMILES string of the molecule is COc1ccc(F)c(CNC(=O)[C@@H]2CCCN(C(=O)N(C)C)C2)c1F. The normalized spacial score (nSPS) is 17.2. The van der Waals surface area contributed by atoms with Crippen molar-refractivity contribution >= 4 is 11.9 Å². The van der Waals surface area contributed by atoms with Crippen molar-refractivity contribution in [3.8, 4) is 5.75 Å². The Bertz CT molecular complexity index is 652. The molecule has 0 radical (unpaired) electrons. The predicted octanol–water partition coefficient (Wildman–Crippen LogP) is 1.98. The highest BCUT2D eigenvalue weighted by atomic mass is 19.1. The minimum atomic E-state index is -0.823. The maximum Gasteiger partial charge on any atom is 0.319 e. The first-order chi connectivity index (χ1) is 11.8. The Balaban J connectivity index is 2.00. The first-order valence-corrected chi connectivity index (χ1v) is 8.10. The van der Waals surface area contributed by atoms with Crippen LogP contribution in [0.4, 0.5) is 13.6 Å². The van der Waals surface area contributed by atoms with Crippen molar-refractivity contribution in [1.29, 1.82) is 0 Å². The fourth-order valence-corrected chi connectivity index (χ4v) is 2.86. The van der Waals surface area contributed by atoms with Crippen molar-refractivity contribution in [2.24, 2.45) is 5.92 Å². The Morgan fingerprint density at radius 3 is 2.72 bits per heavy atom. The van der Waals surface area contributed by atoms with Crippen LogP contribution in [0.2, 0.25) is 0 Å². The van der Waals surface area contributed by atoms with E-state index in [2.05, 4.69) is 5.32 Å². The molecule has 1 N–H and O–H groups in total. The number of carbonyl (C=O) groups excluding carboxylic acids is 2. The topological polar surface area (TPSA) is 61.9 Å². The Morgan fingerprint density at radius 1 is 1.36 bits per heavy atom. The number of urea groups is 1. The summed E-state index contributed by atoms with van der Waals surface area (Å²) < 4.78 is 32.7. The van der Waals surface area contributed by atoms with E-state index in [9.17, 15) is 18.4 Å². The standard InChI is InChI=1S/C17H23F2N3O3/c1-21(2)17(24)22-8-4-5-11(10-22)16(23)20-9-12-13(18)6-7-14(25-3)15(12)19/h6-7,11H,4-5,8-10H2,1-3H3,(H,20,23)/t11-/m1/s1. The van der Waals surface area contributed by atoms with Gasteiger partial charge in [0.15, 0.2) is 11.6 Å². The van der Waals surface area contributed by atoms with Gasteiger partial charge in [-0.15, -0.1) is 0 Å². The average molecular weight is 355 g/mol. The highest BCUT2D eigenvalue weighted by molar-refractivity contribution is 5.80. The van der Waals surface area contributed by atoms with Crippen LogP contribution in [0.15, 0.2) is 12.1 Å². The van der Waals surface area contributed by atoms with Gasteiger partial charge in [-0.05, 0) is 25.0 Å². The second-order valence-corrected chi connectivity index (χ2v) is 6.22. The predicted molar refractivity (Wildman–Crippen MR) is 88.1 cm³/mol. The van der Waals surface area contributed by atoms with E-state index in [0.717, 1.165) is 6.07 Å². The third kappa shape index (κ3) is 4.37. The quantitative estimate of drug-likeness (QED) is 0.898. The lowest BCUT2D eigenvalue weighted by molar-refractivity contribution is -0.126. The molecule has 1 aliphatic rings. The Hall–Kier alpha value is -2.38. The van der Waals surface area contributed by atoms with Gasteiger partial charge in [-0.3, -0.25) is 4.79 Å². The third-order valence-corrected chi connectivity index (χ3v) is 4.26. The van der Waals surface area contributed by atoms with Crippen LogP contribution in [-0.2, 0) is 11.3 Å². The fourth-order valence-electron chi connectivity index (χ4n) is 2.86. The molecule has 0 saturated carbocycles. The summed E-state index contributed by atoms with van der Waals surface area (Å²) >= 11 is 0. The molecule has 8 heteroatoms. The highest BCUT2D eigenvalue weighted by Gasteiger charge is 2.29. The van der Waals surface area contributed by atoms with E-state index >= 15 is 0 Å². The van der Waals surface area contributed by atoms with Crippen molar-refractivity contribution in [3.05, 3.63) is 29.3 Å². The Morgan fingerprint density at radius 2 is 2.08 bits per heavy atom. The molecule has 1 aromatic rings. The highest BCUT2D eigenvalue weighted by Crippen LogP contribution is 2.23. The number of nitrogens with one attached hydrogen (secondary N) is 1. The second-order valence-electron chi connectivity index (χ2n) is 6.22. The molecule has 1 aliphatic heterocycles. The number of likely N-dealkylation sites (tertiary alicyclic amines) is 1. The number of hydrogen-bond acceptors (Lipinski definition) is 3. The summed E-state index contributed by atoms with van der Waals surface area (Å²) in [5.74, 6) is -2.36. The summed E-state index contributed by atoms with van der Waals surface area (Å²) in [6.07, 6.45) is 1.34. The van der Waals surface area contributed by atoms with E-state index in [1.54, 1.807) is 19.0 Å². The van der Waals surface area contributed by atoms with E-state index in [4.69, 9.17) is 4.74 Å². The molecule has 0 unspecified atom stereocenters. The molecule has 1 aromatic carbocycles. The van der Waals surface area contributed by atoms with Gasteiger partial charge in [-0.25, -0.2) is 13.6 Å². The van der Waals surface area contributed by atoms with E-state index in [1.807, 2.05) is 0 Å². The van der Waals surface area contributed by atoms with Crippen molar-refractivity contribution in [2.75, 3.05) is 34.3 Å². The second kappa shape index (κ2) is 8.13. The summed E-state index contributed by atoms with van der Waals surface area (Å²) in [6.45, 7) is 0.623. The molecular weight excluding hydrogens is 332 g/mol. The molecule has 0 bridgehead atoms. The number of piperidine rings is 1. The number of benzene rings is 1. The lowest BCUT2D eigenvalue weighted by atomic mass is 9.97. The maximum atomic E-state index is 14.1. The number of hydrogen-bond donors (Lipinski definition) is 1. The zero-order valence-corrected chi connectivity index (χ0v) is 14.6. The van der Waals surface area contributed by atoms with Gasteiger partial charge in [0, 0.05) is 39.3 Å². The van der Waals surface area contributed by atoms with E-state index in [0.29, 0.717) is 25.9 Å². The van der Waals surface area contributed by atoms with Crippen LogP contribution in [0.5, 0.6) is 5.75 Å². The number of ether oxygens (including phenoxy) is 1. The van der Waals surface area contributed by atoms with Gasteiger partial charge in [0.05, 0.1) is 13.0 Å². The fraction of sp³-hybridized carbons (Fsp3) is 0.529. The van der Waals surface area contributed by atoms with Crippen molar-refractivity contribution in [1.82, 2.24) is 15.1 Å². The summed E-state index contributed by atoms with van der Waals surface area (Å²) in [5, 5.41) is 2.56. The van der Waals surface area contributed by atoms with Gasteiger partial charge < -0.3 is 19.9 Å². The summed E-state index contributed by atoms with van der Waals surface area (Å²) in [4.78, 5) is 27.4. The maximum absolute atomic E-state index is 14.1. The zero-order valence-electron chi connectivity index (χ0n) is 14.6. The van der Waals surface area contributed by atoms with Crippen molar-refractivity contribution < 1.29 is 23.1 Å². The van der Waals surface area contributed by atoms with Gasteiger partial charge in [0.1, 0.15) is 5.82 Å². The van der Waals surface area contributed by atoms with Crippen LogP contribution < -0.4 is 10.1 Å². The minimum Gasteiger partial charge on any atom is -0.494 e. The van der Waals surface area contributed by atoms with E-state index < -0.39 is 17.6 Å². The number of amides is 3. The average Bonchev–Trinajstić information content (AvgIpc) is 2.60. The van der Waals surface area contributed by atoms with Crippen LogP contribution >= 0.6 is 0 Å². The molecule has 6 nitrogen and oxygen atoms in total. The number of rotatable bonds is 4. The monoisotopic (exact) mass is 355 g/mol. The van der Waals surface area contributed by atoms with Gasteiger partial charge in [0.2, 0.25) is 5.91 Å². The molecule has 25 heavy (non-hydrogen) atoms. The van der Waals surface area contributed by atoms with Crippen molar-refractivity contribution in [3.63, 3.8) is 0 Å². The number of halogens is 2. The molecule has 1 fully saturated rings. The molecule has 0 aliphatic carbocycles. The van der Waals surface area contributed by atoms with Crippen LogP contribution in [-0.4, -0.2) is 56.0 Å². The van der Waals surface area contributed by atoms with Gasteiger partial charge in [-0.1, -0.05) is 0 Å². The molecule has 1 heterocycles. The van der Waals surface area contributed by atoms with Gasteiger partial charge >= 0.3 is 6.03 Å². The van der Waals surface area contributed by atoms with Crippen LogP contribution in [0.3, 0.4) is 0 Å². The van der Waals surface area contributed by atoms with Crippen molar-refractivity contribution in [2.45, 2.75) is 19.4 Å². The molecule has 138 valence electrons. The Labute approximate surface area is 145 Å².